The van der Waals surface area contributed by atoms with Gasteiger partial charge < -0.3 is 9.84 Å². The first-order chi connectivity index (χ1) is 7.11. The predicted molar refractivity (Wildman–Crippen MR) is 60.5 cm³/mol. The van der Waals surface area contributed by atoms with Gasteiger partial charge >= 0.3 is 5.97 Å². The summed E-state index contributed by atoms with van der Waals surface area (Å²) in [5, 5.41) is 9.54. The van der Waals surface area contributed by atoms with E-state index in [2.05, 4.69) is 11.7 Å². The van der Waals surface area contributed by atoms with E-state index < -0.39 is 6.10 Å². The molecular formula is C12H22O3. The minimum Gasteiger partial charge on any atom is -0.469 e. The van der Waals surface area contributed by atoms with Crippen LogP contribution in [0.25, 0.3) is 0 Å². The van der Waals surface area contributed by atoms with E-state index in [0.29, 0.717) is 0 Å². The molecule has 0 unspecified atom stereocenters. The van der Waals surface area contributed by atoms with Crippen molar-refractivity contribution in [3.8, 4) is 0 Å². The Bertz CT molecular complexity index is 199. The number of hydrogen-bond donors (Lipinski definition) is 1. The van der Waals surface area contributed by atoms with Gasteiger partial charge in [-0.05, 0) is 13.3 Å². The van der Waals surface area contributed by atoms with Crippen molar-refractivity contribution in [1.82, 2.24) is 0 Å². The van der Waals surface area contributed by atoms with Gasteiger partial charge in [0.1, 0.15) is 0 Å². The summed E-state index contributed by atoms with van der Waals surface area (Å²) in [6.07, 6.45) is 7.00. The summed E-state index contributed by atoms with van der Waals surface area (Å²) in [6.45, 7) is 3.88. The number of aliphatic hydroxyl groups is 1. The zero-order chi connectivity index (χ0) is 11.7. The van der Waals surface area contributed by atoms with Crippen LogP contribution in [0.15, 0.2) is 12.2 Å². The molecule has 1 N–H and O–H groups in total. The number of aliphatic hydroxyl groups excluding tert-OH is 1. The topological polar surface area (TPSA) is 46.5 Å². The van der Waals surface area contributed by atoms with Gasteiger partial charge in [-0.15, -0.1) is 0 Å². The summed E-state index contributed by atoms with van der Waals surface area (Å²) in [4.78, 5) is 11.0. The van der Waals surface area contributed by atoms with Gasteiger partial charge in [-0.1, -0.05) is 38.3 Å². The van der Waals surface area contributed by atoms with Gasteiger partial charge in [0, 0.05) is 0 Å². The first kappa shape index (κ1) is 14.2. The van der Waals surface area contributed by atoms with E-state index in [-0.39, 0.29) is 11.9 Å². The lowest BCUT2D eigenvalue weighted by Crippen LogP contribution is -2.11. The van der Waals surface area contributed by atoms with Gasteiger partial charge in [0.05, 0.1) is 19.1 Å². The minimum atomic E-state index is -0.441. The number of methoxy groups -OCH3 is 1. The Morgan fingerprint density at radius 2 is 2.07 bits per heavy atom. The van der Waals surface area contributed by atoms with Crippen LogP contribution in [0.3, 0.4) is 0 Å². The molecule has 0 aromatic heterocycles. The van der Waals surface area contributed by atoms with Crippen LogP contribution < -0.4 is 0 Å². The van der Waals surface area contributed by atoms with Gasteiger partial charge in [0.25, 0.3) is 0 Å². The number of rotatable bonds is 7. The minimum absolute atomic E-state index is 0.271. The standard InChI is InChI=1S/C12H22O3/c1-4-5-6-7-11(13)9-8-10(2)12(14)15-3/h8-11,13H,4-7H2,1-3H3/b9-8+/t10-,11+/m0/s1. The highest BCUT2D eigenvalue weighted by Crippen LogP contribution is 2.06. The lowest BCUT2D eigenvalue weighted by atomic mass is 10.1. The molecule has 0 aliphatic heterocycles. The molecule has 2 atom stereocenters. The second kappa shape index (κ2) is 8.48. The highest BCUT2D eigenvalue weighted by atomic mass is 16.5. The van der Waals surface area contributed by atoms with Crippen molar-refractivity contribution in [2.24, 2.45) is 5.92 Å². The highest BCUT2D eigenvalue weighted by molar-refractivity contribution is 5.73. The Balaban J connectivity index is 3.78. The normalized spacial score (nSPS) is 15.2. The summed E-state index contributed by atoms with van der Waals surface area (Å²) < 4.78 is 4.57. The van der Waals surface area contributed by atoms with E-state index in [1.54, 1.807) is 19.1 Å². The molecule has 0 amide bonds. The van der Waals surface area contributed by atoms with Gasteiger partial charge in [-0.25, -0.2) is 0 Å². The number of esters is 1. The van der Waals surface area contributed by atoms with Crippen molar-refractivity contribution in [2.75, 3.05) is 7.11 Å². The predicted octanol–water partition coefficient (Wildman–Crippen LogP) is 2.29. The molecule has 15 heavy (non-hydrogen) atoms. The third-order valence-corrected chi connectivity index (χ3v) is 2.30. The molecule has 0 saturated carbocycles. The maximum Gasteiger partial charge on any atom is 0.312 e. The van der Waals surface area contributed by atoms with Gasteiger partial charge in [0.2, 0.25) is 0 Å². The third kappa shape index (κ3) is 7.14. The lowest BCUT2D eigenvalue weighted by Gasteiger charge is -2.06. The quantitative estimate of drug-likeness (QED) is 0.402. The van der Waals surface area contributed by atoms with Gasteiger partial charge in [-0.3, -0.25) is 4.79 Å². The summed E-state index contributed by atoms with van der Waals surface area (Å²) in [7, 11) is 1.37. The fraction of sp³-hybridized carbons (Fsp3) is 0.750. The van der Waals surface area contributed by atoms with E-state index in [4.69, 9.17) is 0 Å². The average molecular weight is 214 g/mol. The van der Waals surface area contributed by atoms with Crippen LogP contribution in [0.2, 0.25) is 0 Å². The maximum absolute atomic E-state index is 11.0. The van der Waals surface area contributed by atoms with E-state index in [9.17, 15) is 9.90 Å². The molecule has 0 radical (unpaired) electrons. The Morgan fingerprint density at radius 1 is 1.40 bits per heavy atom. The van der Waals surface area contributed by atoms with Crippen LogP contribution in [-0.2, 0) is 9.53 Å². The second-order valence-corrected chi connectivity index (χ2v) is 3.76. The molecule has 0 aromatic rings. The molecule has 0 aliphatic rings. The lowest BCUT2D eigenvalue weighted by molar-refractivity contribution is -0.143. The Hall–Kier alpha value is -0.830. The smallest absolute Gasteiger partial charge is 0.312 e. The Labute approximate surface area is 92.1 Å². The van der Waals surface area contributed by atoms with E-state index >= 15 is 0 Å². The monoisotopic (exact) mass is 214 g/mol. The Morgan fingerprint density at radius 3 is 2.60 bits per heavy atom. The van der Waals surface area contributed by atoms with Crippen LogP contribution in [0.1, 0.15) is 39.5 Å². The van der Waals surface area contributed by atoms with Gasteiger partial charge in [0.15, 0.2) is 0 Å². The summed E-state index contributed by atoms with van der Waals surface area (Å²) in [5.74, 6) is -0.553. The van der Waals surface area contributed by atoms with Crippen LogP contribution in [0.4, 0.5) is 0 Å². The second-order valence-electron chi connectivity index (χ2n) is 3.76. The summed E-state index contributed by atoms with van der Waals surface area (Å²) in [6, 6.07) is 0. The molecule has 0 spiro atoms. The zero-order valence-corrected chi connectivity index (χ0v) is 9.90. The molecule has 0 aromatic carbocycles. The van der Waals surface area contributed by atoms with E-state index in [1.165, 1.54) is 7.11 Å². The number of hydrogen-bond acceptors (Lipinski definition) is 3. The first-order valence-corrected chi connectivity index (χ1v) is 5.56. The van der Waals surface area contributed by atoms with Crippen molar-refractivity contribution in [3.05, 3.63) is 12.2 Å². The molecule has 0 bridgehead atoms. The van der Waals surface area contributed by atoms with Crippen LogP contribution in [0, 0.1) is 5.92 Å². The third-order valence-electron chi connectivity index (χ3n) is 2.30. The fourth-order valence-corrected chi connectivity index (χ4v) is 1.26. The zero-order valence-electron chi connectivity index (χ0n) is 9.90. The largest absolute Gasteiger partial charge is 0.469 e. The fourth-order valence-electron chi connectivity index (χ4n) is 1.26. The number of carbonyl (C=O) groups excluding carboxylic acids is 1. The van der Waals surface area contributed by atoms with Crippen molar-refractivity contribution in [3.63, 3.8) is 0 Å². The molecule has 3 nitrogen and oxygen atoms in total. The van der Waals surface area contributed by atoms with E-state index in [0.717, 1.165) is 25.7 Å². The molecule has 0 fully saturated rings. The maximum atomic E-state index is 11.0. The summed E-state index contributed by atoms with van der Waals surface area (Å²) in [5.41, 5.74) is 0. The van der Waals surface area contributed by atoms with Crippen LogP contribution in [-0.4, -0.2) is 24.3 Å². The number of unbranched alkanes of at least 4 members (excludes halogenated alkanes) is 2. The number of ether oxygens (including phenoxy) is 1. The SMILES string of the molecule is CCCCC[C@@H](O)/C=C/[C@H](C)C(=O)OC. The van der Waals surface area contributed by atoms with Crippen molar-refractivity contribution in [1.29, 1.82) is 0 Å². The van der Waals surface area contributed by atoms with Crippen molar-refractivity contribution in [2.45, 2.75) is 45.6 Å². The molecule has 0 saturated heterocycles. The van der Waals surface area contributed by atoms with Crippen LogP contribution in [0.5, 0.6) is 0 Å². The van der Waals surface area contributed by atoms with Crippen molar-refractivity contribution >= 4 is 5.97 Å². The van der Waals surface area contributed by atoms with Gasteiger partial charge in [-0.2, -0.15) is 0 Å². The Kier molecular flexibility index (Phi) is 8.01. The number of carbonyl (C=O) groups is 1. The molecule has 0 rings (SSSR count). The molecule has 0 aliphatic carbocycles. The average Bonchev–Trinajstić information content (AvgIpc) is 2.25. The molecule has 88 valence electrons. The molecular weight excluding hydrogens is 192 g/mol. The van der Waals surface area contributed by atoms with Crippen LogP contribution >= 0.6 is 0 Å². The van der Waals surface area contributed by atoms with Crippen molar-refractivity contribution < 1.29 is 14.6 Å². The highest BCUT2D eigenvalue weighted by Gasteiger charge is 2.09. The first-order valence-electron chi connectivity index (χ1n) is 5.56. The summed E-state index contributed by atoms with van der Waals surface area (Å²) >= 11 is 0. The van der Waals surface area contributed by atoms with E-state index in [1.807, 2.05) is 0 Å². The molecule has 0 heterocycles. The molecule has 3 heteroatoms.